The van der Waals surface area contributed by atoms with Crippen LogP contribution < -0.4 is 5.32 Å². The van der Waals surface area contributed by atoms with Crippen molar-refractivity contribution in [2.24, 2.45) is 11.8 Å². The highest BCUT2D eigenvalue weighted by molar-refractivity contribution is 7.90. The molecule has 2 aliphatic heterocycles. The summed E-state index contributed by atoms with van der Waals surface area (Å²) in [5, 5.41) is 3.42. The molecule has 2 aliphatic rings. The van der Waals surface area contributed by atoms with Crippen molar-refractivity contribution in [2.45, 2.75) is 25.7 Å². The molecule has 4 nitrogen and oxygen atoms in total. The number of piperidine rings is 2. The number of rotatable bonds is 4. The third kappa shape index (κ3) is 6.94. The maximum Gasteiger partial charge on any atom is 0.148 e. The average molecular weight is 347 g/mol. The number of hydrogen-bond donors (Lipinski definition) is 1. The minimum absolute atomic E-state index is 0. The van der Waals surface area contributed by atoms with Gasteiger partial charge in [-0.05, 0) is 57.2 Å². The molecule has 1 atom stereocenters. The molecule has 0 aromatic carbocycles. The average Bonchev–Trinajstić information content (AvgIpc) is 2.37. The van der Waals surface area contributed by atoms with E-state index in [2.05, 4.69) is 10.2 Å². The van der Waals surface area contributed by atoms with Crippen molar-refractivity contribution < 1.29 is 8.42 Å². The lowest BCUT2D eigenvalue weighted by molar-refractivity contribution is 0.123. The zero-order chi connectivity index (χ0) is 13.0. The van der Waals surface area contributed by atoms with Gasteiger partial charge in [0, 0.05) is 19.3 Å². The Morgan fingerprint density at radius 1 is 1.10 bits per heavy atom. The smallest absolute Gasteiger partial charge is 0.148 e. The lowest BCUT2D eigenvalue weighted by Gasteiger charge is -2.38. The maximum absolute atomic E-state index is 11.2. The summed E-state index contributed by atoms with van der Waals surface area (Å²) in [6, 6.07) is 0. The van der Waals surface area contributed by atoms with Gasteiger partial charge in [-0.25, -0.2) is 8.42 Å². The molecule has 7 heteroatoms. The molecule has 0 aromatic rings. The van der Waals surface area contributed by atoms with Crippen LogP contribution in [-0.2, 0) is 9.84 Å². The van der Waals surface area contributed by atoms with Crippen molar-refractivity contribution in [1.82, 2.24) is 10.2 Å². The van der Waals surface area contributed by atoms with Crippen molar-refractivity contribution in [1.29, 1.82) is 0 Å². The van der Waals surface area contributed by atoms with Crippen molar-refractivity contribution >= 4 is 34.7 Å². The zero-order valence-corrected chi connectivity index (χ0v) is 14.7. The summed E-state index contributed by atoms with van der Waals surface area (Å²) in [5.74, 6) is 1.96. The molecule has 0 saturated carbocycles. The van der Waals surface area contributed by atoms with E-state index in [1.807, 2.05) is 0 Å². The van der Waals surface area contributed by atoms with Crippen LogP contribution in [0.2, 0.25) is 0 Å². The molecule has 0 aromatic heterocycles. The third-order valence-corrected chi connectivity index (χ3v) is 5.29. The van der Waals surface area contributed by atoms with Crippen molar-refractivity contribution in [2.75, 3.05) is 44.7 Å². The first-order valence-electron chi connectivity index (χ1n) is 7.15. The van der Waals surface area contributed by atoms with Gasteiger partial charge >= 0.3 is 0 Å². The van der Waals surface area contributed by atoms with Crippen LogP contribution in [0.3, 0.4) is 0 Å². The van der Waals surface area contributed by atoms with Gasteiger partial charge in [-0.1, -0.05) is 0 Å². The van der Waals surface area contributed by atoms with Crippen molar-refractivity contribution in [3.05, 3.63) is 0 Å². The number of likely N-dealkylation sites (tertiary alicyclic amines) is 1. The van der Waals surface area contributed by atoms with Crippen molar-refractivity contribution in [3.8, 4) is 0 Å². The Morgan fingerprint density at radius 3 is 2.35 bits per heavy atom. The highest BCUT2D eigenvalue weighted by atomic mass is 35.5. The minimum atomic E-state index is -2.82. The molecule has 0 spiro atoms. The summed E-state index contributed by atoms with van der Waals surface area (Å²) in [6.07, 6.45) is 6.49. The molecule has 0 radical (unpaired) electrons. The van der Waals surface area contributed by atoms with E-state index >= 15 is 0 Å². The third-order valence-electron chi connectivity index (χ3n) is 4.37. The van der Waals surface area contributed by atoms with Crippen LogP contribution in [0.1, 0.15) is 25.7 Å². The first-order chi connectivity index (χ1) is 8.54. The molecule has 0 bridgehead atoms. The van der Waals surface area contributed by atoms with Crippen LogP contribution in [0.25, 0.3) is 0 Å². The Hall–Kier alpha value is 0.450. The predicted octanol–water partition coefficient (Wildman–Crippen LogP) is 1.59. The molecule has 2 saturated heterocycles. The molecular formula is C13H28Cl2N2O2S. The molecule has 2 fully saturated rings. The Balaban J connectivity index is 0.00000180. The predicted molar refractivity (Wildman–Crippen MR) is 89.0 cm³/mol. The van der Waals surface area contributed by atoms with E-state index in [0.29, 0.717) is 5.75 Å². The minimum Gasteiger partial charge on any atom is -0.317 e. The first-order valence-corrected chi connectivity index (χ1v) is 9.21. The number of nitrogens with zero attached hydrogens (tertiary/aromatic N) is 1. The SMILES string of the molecule is CS(=O)(=O)CCN1CCC[C@H](C2CCNCC2)C1.Cl.Cl. The lowest BCUT2D eigenvalue weighted by atomic mass is 9.80. The van der Waals surface area contributed by atoms with Gasteiger partial charge in [0.25, 0.3) is 0 Å². The second-order valence-electron chi connectivity index (χ2n) is 5.92. The molecule has 2 heterocycles. The Morgan fingerprint density at radius 2 is 1.75 bits per heavy atom. The number of halogens is 2. The summed E-state index contributed by atoms with van der Waals surface area (Å²) >= 11 is 0. The number of sulfone groups is 1. The summed E-state index contributed by atoms with van der Waals surface area (Å²) in [5.41, 5.74) is 0. The molecule has 1 N–H and O–H groups in total. The standard InChI is InChI=1S/C13H26N2O2S.2ClH/c1-18(16,17)10-9-15-8-2-3-13(11-15)12-4-6-14-7-5-12;;/h12-14H,2-11H2,1H3;2*1H/t13-;;/m0../s1. The van der Waals surface area contributed by atoms with Gasteiger partial charge in [0.1, 0.15) is 9.84 Å². The topological polar surface area (TPSA) is 49.4 Å². The highest BCUT2D eigenvalue weighted by Gasteiger charge is 2.28. The van der Waals surface area contributed by atoms with Crippen LogP contribution in [-0.4, -0.2) is 58.1 Å². The van der Waals surface area contributed by atoms with Crippen LogP contribution in [0, 0.1) is 11.8 Å². The van der Waals surface area contributed by atoms with Crippen molar-refractivity contribution in [3.63, 3.8) is 0 Å². The first kappa shape index (κ1) is 20.5. The zero-order valence-electron chi connectivity index (χ0n) is 12.2. The summed E-state index contributed by atoms with van der Waals surface area (Å²) in [6.45, 7) is 5.23. The van der Waals surface area contributed by atoms with E-state index in [4.69, 9.17) is 0 Å². The fraction of sp³-hybridized carbons (Fsp3) is 1.00. The molecule has 0 aliphatic carbocycles. The van der Waals surface area contributed by atoms with Crippen LogP contribution in [0.4, 0.5) is 0 Å². The van der Waals surface area contributed by atoms with E-state index in [-0.39, 0.29) is 24.8 Å². The molecule has 122 valence electrons. The van der Waals surface area contributed by atoms with E-state index in [9.17, 15) is 8.42 Å². The van der Waals surface area contributed by atoms with Gasteiger partial charge in [0.2, 0.25) is 0 Å². The fourth-order valence-electron chi connectivity index (χ4n) is 3.29. The highest BCUT2D eigenvalue weighted by Crippen LogP contribution is 2.29. The summed E-state index contributed by atoms with van der Waals surface area (Å²) in [4.78, 5) is 2.36. The van der Waals surface area contributed by atoms with Crippen LogP contribution >= 0.6 is 24.8 Å². The van der Waals surface area contributed by atoms with Gasteiger partial charge in [0.05, 0.1) is 5.75 Å². The van der Waals surface area contributed by atoms with E-state index in [1.165, 1.54) is 31.9 Å². The second-order valence-corrected chi connectivity index (χ2v) is 8.18. The fourth-order valence-corrected chi connectivity index (χ4v) is 3.88. The van der Waals surface area contributed by atoms with E-state index in [1.54, 1.807) is 0 Å². The van der Waals surface area contributed by atoms with Gasteiger partial charge in [-0.3, -0.25) is 0 Å². The Kier molecular flexibility index (Phi) is 9.68. The molecule has 2 rings (SSSR count). The molecular weight excluding hydrogens is 319 g/mol. The number of nitrogens with one attached hydrogen (secondary N) is 1. The van der Waals surface area contributed by atoms with Crippen LogP contribution in [0.5, 0.6) is 0 Å². The molecule has 0 amide bonds. The Labute approximate surface area is 135 Å². The lowest BCUT2D eigenvalue weighted by Crippen LogP contribution is -2.42. The molecule has 20 heavy (non-hydrogen) atoms. The summed E-state index contributed by atoms with van der Waals surface area (Å²) < 4.78 is 22.4. The van der Waals surface area contributed by atoms with Gasteiger partial charge in [-0.15, -0.1) is 24.8 Å². The monoisotopic (exact) mass is 346 g/mol. The number of hydrogen-bond acceptors (Lipinski definition) is 4. The van der Waals surface area contributed by atoms with E-state index < -0.39 is 9.84 Å². The quantitative estimate of drug-likeness (QED) is 0.839. The van der Waals surface area contributed by atoms with Gasteiger partial charge in [-0.2, -0.15) is 0 Å². The van der Waals surface area contributed by atoms with Gasteiger partial charge in [0.15, 0.2) is 0 Å². The summed E-state index contributed by atoms with van der Waals surface area (Å²) in [7, 11) is -2.82. The van der Waals surface area contributed by atoms with Gasteiger partial charge < -0.3 is 10.2 Å². The second kappa shape index (κ2) is 9.46. The van der Waals surface area contributed by atoms with E-state index in [0.717, 1.165) is 44.6 Å². The maximum atomic E-state index is 11.2. The van der Waals surface area contributed by atoms with Crippen LogP contribution in [0.15, 0.2) is 0 Å². The normalized spacial score (nSPS) is 25.6. The molecule has 0 unspecified atom stereocenters. The largest absolute Gasteiger partial charge is 0.317 e. The Bertz CT molecular complexity index is 359.